The first-order chi connectivity index (χ1) is 12.9. The second-order valence-electron chi connectivity index (χ2n) is 6.44. The van der Waals surface area contributed by atoms with Crippen molar-refractivity contribution in [3.63, 3.8) is 0 Å². The average molecular weight is 365 g/mol. The lowest BCUT2D eigenvalue weighted by Gasteiger charge is -2.33. The van der Waals surface area contributed by atoms with E-state index in [1.165, 1.54) is 11.8 Å². The number of carbonyl (C=O) groups excluding carboxylic acids is 1. The number of hydrogen-bond donors (Lipinski definition) is 3. The fourth-order valence-electron chi connectivity index (χ4n) is 3.91. The maximum absolute atomic E-state index is 13.7. The van der Waals surface area contributed by atoms with E-state index in [1.807, 2.05) is 6.07 Å². The standard InChI is InChI=1S/C18H15N5O4/c1-8-13-15(22-21-8)27-14(20)11(7-19)18(13)10-5-3-4-6-12(10)23(17(18)26)9(2)16(24)25/h3-6,9H,20H2,1-2H3,(H,21,22)(H,24,25)/t9-,18-/m0/s1. The largest absolute Gasteiger partial charge is 0.480 e. The number of nitrogens with two attached hydrogens (primary N) is 1. The van der Waals surface area contributed by atoms with Crippen molar-refractivity contribution in [2.75, 3.05) is 4.90 Å². The number of carboxylic acids is 1. The van der Waals surface area contributed by atoms with Gasteiger partial charge < -0.3 is 15.6 Å². The molecule has 1 amide bonds. The highest BCUT2D eigenvalue weighted by Crippen LogP contribution is 2.55. The zero-order chi connectivity index (χ0) is 19.5. The van der Waals surface area contributed by atoms with Crippen LogP contribution >= 0.6 is 0 Å². The predicted molar refractivity (Wildman–Crippen MR) is 92.6 cm³/mol. The van der Waals surface area contributed by atoms with Gasteiger partial charge in [-0.3, -0.25) is 14.8 Å². The second kappa shape index (κ2) is 5.35. The number of fused-ring (bicyclic) bond motifs is 4. The molecule has 2 aromatic rings. The Kier molecular flexibility index (Phi) is 3.30. The molecule has 0 fully saturated rings. The molecule has 4 rings (SSSR count). The molecule has 27 heavy (non-hydrogen) atoms. The number of hydrogen-bond acceptors (Lipinski definition) is 6. The van der Waals surface area contributed by atoms with Gasteiger partial charge in [0.2, 0.25) is 17.7 Å². The SMILES string of the molecule is Cc1[nH]nc2c1[C@@]1(C(=O)N([C@@H](C)C(=O)O)c3ccccc31)C(C#N)=C(N)O2. The molecule has 1 aromatic carbocycles. The van der Waals surface area contributed by atoms with Crippen molar-refractivity contribution in [3.05, 3.63) is 52.5 Å². The predicted octanol–water partition coefficient (Wildman–Crippen LogP) is 0.910. The van der Waals surface area contributed by atoms with Gasteiger partial charge in [-0.15, -0.1) is 5.10 Å². The number of aromatic amines is 1. The van der Waals surface area contributed by atoms with Gasteiger partial charge in [0, 0.05) is 16.9 Å². The Hall–Kier alpha value is -3.80. The zero-order valence-corrected chi connectivity index (χ0v) is 14.5. The van der Waals surface area contributed by atoms with Crippen LogP contribution in [0.4, 0.5) is 5.69 Å². The Bertz CT molecular complexity index is 1080. The van der Waals surface area contributed by atoms with Crippen molar-refractivity contribution in [3.8, 4) is 11.9 Å². The molecule has 0 bridgehead atoms. The number of benzene rings is 1. The van der Waals surface area contributed by atoms with Gasteiger partial charge in [-0.2, -0.15) is 5.26 Å². The molecule has 0 unspecified atom stereocenters. The summed E-state index contributed by atoms with van der Waals surface area (Å²) in [5.41, 5.74) is 6.04. The summed E-state index contributed by atoms with van der Waals surface area (Å²) in [4.78, 5) is 26.6. The Labute approximate surface area is 153 Å². The van der Waals surface area contributed by atoms with E-state index in [-0.39, 0.29) is 17.3 Å². The average Bonchev–Trinajstić information content (AvgIpc) is 3.12. The minimum absolute atomic E-state index is 0.0861. The Balaban J connectivity index is 2.14. The molecule has 2 atom stereocenters. The first-order valence-electron chi connectivity index (χ1n) is 8.15. The summed E-state index contributed by atoms with van der Waals surface area (Å²) in [6.07, 6.45) is 0. The van der Waals surface area contributed by atoms with Gasteiger partial charge in [0.1, 0.15) is 23.1 Å². The number of nitrogens with one attached hydrogen (secondary N) is 1. The second-order valence-corrected chi connectivity index (χ2v) is 6.44. The van der Waals surface area contributed by atoms with E-state index in [9.17, 15) is 20.0 Å². The lowest BCUT2D eigenvalue weighted by molar-refractivity contribution is -0.139. The van der Waals surface area contributed by atoms with Crippen molar-refractivity contribution >= 4 is 17.6 Å². The molecule has 9 nitrogen and oxygen atoms in total. The number of nitrogens with zero attached hydrogens (tertiary/aromatic N) is 3. The number of aryl methyl sites for hydroxylation is 1. The van der Waals surface area contributed by atoms with Crippen molar-refractivity contribution in [2.45, 2.75) is 25.3 Å². The number of aromatic nitrogens is 2. The number of amides is 1. The van der Waals surface area contributed by atoms with Gasteiger partial charge in [0.05, 0.1) is 5.56 Å². The molecule has 4 N–H and O–H groups in total. The van der Waals surface area contributed by atoms with Crippen LogP contribution in [0.25, 0.3) is 0 Å². The number of nitriles is 1. The summed E-state index contributed by atoms with van der Waals surface area (Å²) in [6, 6.07) is 7.62. The molecule has 0 radical (unpaired) electrons. The number of H-pyrrole nitrogens is 1. The molecule has 136 valence electrons. The smallest absolute Gasteiger partial charge is 0.326 e. The molecule has 0 aliphatic carbocycles. The first kappa shape index (κ1) is 16.7. The van der Waals surface area contributed by atoms with Gasteiger partial charge in [-0.25, -0.2) is 4.79 Å². The molecule has 1 aromatic heterocycles. The number of carboxylic acid groups (broad SMARTS) is 1. The monoisotopic (exact) mass is 365 g/mol. The molecular formula is C18H15N5O4. The molecule has 3 heterocycles. The van der Waals surface area contributed by atoms with E-state index >= 15 is 0 Å². The number of rotatable bonds is 2. The molecule has 0 saturated heterocycles. The van der Waals surface area contributed by atoms with E-state index in [1.54, 1.807) is 31.2 Å². The minimum Gasteiger partial charge on any atom is -0.480 e. The van der Waals surface area contributed by atoms with Gasteiger partial charge in [-0.05, 0) is 19.9 Å². The number of para-hydroxylation sites is 1. The number of aliphatic carboxylic acids is 1. The minimum atomic E-state index is -1.61. The van der Waals surface area contributed by atoms with Gasteiger partial charge in [0.25, 0.3) is 0 Å². The molecule has 1 spiro atoms. The van der Waals surface area contributed by atoms with Crippen LogP contribution in [0.5, 0.6) is 5.88 Å². The quantitative estimate of drug-likeness (QED) is 0.717. The normalized spacial score (nSPS) is 21.5. The van der Waals surface area contributed by atoms with Crippen LogP contribution in [0.2, 0.25) is 0 Å². The highest BCUT2D eigenvalue weighted by Gasteiger charge is 2.61. The van der Waals surface area contributed by atoms with Crippen molar-refractivity contribution in [1.29, 1.82) is 5.26 Å². The van der Waals surface area contributed by atoms with Crippen LogP contribution in [-0.2, 0) is 15.0 Å². The number of ether oxygens (including phenoxy) is 1. The summed E-state index contributed by atoms with van der Waals surface area (Å²) >= 11 is 0. The molecule has 9 heteroatoms. The van der Waals surface area contributed by atoms with Crippen LogP contribution < -0.4 is 15.4 Å². The molecule has 0 saturated carbocycles. The van der Waals surface area contributed by atoms with Crippen molar-refractivity contribution in [2.24, 2.45) is 5.73 Å². The van der Waals surface area contributed by atoms with Crippen LogP contribution in [0.3, 0.4) is 0 Å². The van der Waals surface area contributed by atoms with Crippen LogP contribution in [-0.4, -0.2) is 33.2 Å². The zero-order valence-electron chi connectivity index (χ0n) is 14.5. The summed E-state index contributed by atoms with van der Waals surface area (Å²) < 4.78 is 5.45. The fourth-order valence-corrected chi connectivity index (χ4v) is 3.91. The number of carbonyl (C=O) groups is 2. The fraction of sp³-hybridized carbons (Fsp3) is 0.222. The Morgan fingerprint density at radius 3 is 2.85 bits per heavy atom. The molecule has 2 aliphatic rings. The summed E-state index contributed by atoms with van der Waals surface area (Å²) in [7, 11) is 0. The van der Waals surface area contributed by atoms with Crippen molar-refractivity contribution in [1.82, 2.24) is 10.2 Å². The lowest BCUT2D eigenvalue weighted by Crippen LogP contribution is -2.50. The van der Waals surface area contributed by atoms with Crippen LogP contribution in [0.15, 0.2) is 35.7 Å². The summed E-state index contributed by atoms with van der Waals surface area (Å²) in [6.45, 7) is 3.12. The summed E-state index contributed by atoms with van der Waals surface area (Å²) in [5.74, 6) is -1.88. The maximum atomic E-state index is 13.7. The number of anilines is 1. The third kappa shape index (κ3) is 1.84. The highest BCUT2D eigenvalue weighted by molar-refractivity contribution is 6.16. The highest BCUT2D eigenvalue weighted by atomic mass is 16.5. The van der Waals surface area contributed by atoms with E-state index in [0.29, 0.717) is 22.5 Å². The third-order valence-electron chi connectivity index (χ3n) is 5.08. The first-order valence-corrected chi connectivity index (χ1v) is 8.15. The molecular weight excluding hydrogens is 350 g/mol. The Morgan fingerprint density at radius 1 is 1.48 bits per heavy atom. The third-order valence-corrected chi connectivity index (χ3v) is 5.08. The van der Waals surface area contributed by atoms with E-state index < -0.39 is 23.3 Å². The van der Waals surface area contributed by atoms with Gasteiger partial charge >= 0.3 is 5.97 Å². The molecule has 2 aliphatic heterocycles. The summed E-state index contributed by atoms with van der Waals surface area (Å²) in [5, 5.41) is 26.2. The topological polar surface area (TPSA) is 145 Å². The Morgan fingerprint density at radius 2 is 2.19 bits per heavy atom. The van der Waals surface area contributed by atoms with Gasteiger partial charge in [0.15, 0.2) is 0 Å². The van der Waals surface area contributed by atoms with E-state index in [0.717, 1.165) is 0 Å². The van der Waals surface area contributed by atoms with Gasteiger partial charge in [-0.1, -0.05) is 18.2 Å². The lowest BCUT2D eigenvalue weighted by atomic mass is 9.69. The van der Waals surface area contributed by atoms with Crippen LogP contribution in [0.1, 0.15) is 23.7 Å². The van der Waals surface area contributed by atoms with Crippen LogP contribution in [0, 0.1) is 18.3 Å². The van der Waals surface area contributed by atoms with Crippen molar-refractivity contribution < 1.29 is 19.4 Å². The van der Waals surface area contributed by atoms with E-state index in [2.05, 4.69) is 10.2 Å². The van der Waals surface area contributed by atoms with E-state index in [4.69, 9.17) is 10.5 Å². The maximum Gasteiger partial charge on any atom is 0.326 e.